The third-order valence-corrected chi connectivity index (χ3v) is 5.42. The zero-order valence-electron chi connectivity index (χ0n) is 10.0. The number of thioether (sulfide) groups is 1. The highest BCUT2D eigenvalue weighted by molar-refractivity contribution is 9.10. The van der Waals surface area contributed by atoms with E-state index >= 15 is 0 Å². The van der Waals surface area contributed by atoms with Crippen molar-refractivity contribution in [2.24, 2.45) is 5.92 Å². The first-order chi connectivity index (χ1) is 8.08. The molecule has 17 heavy (non-hydrogen) atoms. The van der Waals surface area contributed by atoms with Crippen LogP contribution in [-0.4, -0.2) is 15.7 Å². The zero-order valence-corrected chi connectivity index (χ0v) is 13.2. The molecule has 2 heterocycles. The smallest absolute Gasteiger partial charge is 0.147 e. The molecule has 2 nitrogen and oxygen atoms in total. The molecular weight excluding hydrogens is 320 g/mol. The summed E-state index contributed by atoms with van der Waals surface area (Å²) in [5.74, 6) is 2.69. The Hall–Kier alpha value is 0.200. The van der Waals surface area contributed by atoms with Crippen molar-refractivity contribution in [2.45, 2.75) is 38.4 Å². The maximum absolute atomic E-state index is 6.17. The minimum Gasteiger partial charge on any atom is -0.235 e. The predicted molar refractivity (Wildman–Crippen MR) is 77.7 cm³/mol. The molecule has 1 aliphatic heterocycles. The van der Waals surface area contributed by atoms with Gasteiger partial charge in [0.15, 0.2) is 0 Å². The lowest BCUT2D eigenvalue weighted by Gasteiger charge is -2.13. The lowest BCUT2D eigenvalue weighted by molar-refractivity contribution is 0.625. The Morgan fingerprint density at radius 2 is 2.24 bits per heavy atom. The molecule has 1 saturated heterocycles. The van der Waals surface area contributed by atoms with Gasteiger partial charge in [0.25, 0.3) is 0 Å². The average molecular weight is 336 g/mol. The summed E-state index contributed by atoms with van der Waals surface area (Å²) >= 11 is 11.6. The van der Waals surface area contributed by atoms with E-state index in [2.05, 4.69) is 34.8 Å². The van der Waals surface area contributed by atoms with Crippen LogP contribution < -0.4 is 0 Å². The van der Waals surface area contributed by atoms with Crippen molar-refractivity contribution in [3.05, 3.63) is 21.1 Å². The Kier molecular flexibility index (Phi) is 4.72. The van der Waals surface area contributed by atoms with E-state index in [-0.39, 0.29) is 0 Å². The average Bonchev–Trinajstić information content (AvgIpc) is 2.77. The van der Waals surface area contributed by atoms with Crippen molar-refractivity contribution in [2.75, 3.05) is 5.75 Å². The van der Waals surface area contributed by atoms with Crippen molar-refractivity contribution >= 4 is 39.3 Å². The van der Waals surface area contributed by atoms with Gasteiger partial charge in [-0.15, -0.1) is 0 Å². The monoisotopic (exact) mass is 334 g/mol. The second-order valence-corrected chi connectivity index (χ2v) is 7.19. The molecule has 0 saturated carbocycles. The van der Waals surface area contributed by atoms with Gasteiger partial charge in [0.2, 0.25) is 0 Å². The first-order valence-electron chi connectivity index (χ1n) is 5.91. The lowest BCUT2D eigenvalue weighted by Crippen LogP contribution is -2.06. The fourth-order valence-electron chi connectivity index (χ4n) is 1.93. The van der Waals surface area contributed by atoms with Gasteiger partial charge in [0.1, 0.15) is 11.0 Å². The number of hydrogen-bond acceptors (Lipinski definition) is 3. The Balaban J connectivity index is 2.31. The van der Waals surface area contributed by atoms with E-state index in [1.54, 1.807) is 0 Å². The maximum atomic E-state index is 6.17. The molecule has 0 N–H and O–H groups in total. The first-order valence-corrected chi connectivity index (χ1v) is 8.13. The quantitative estimate of drug-likeness (QED) is 0.751. The Morgan fingerprint density at radius 1 is 1.47 bits per heavy atom. The summed E-state index contributed by atoms with van der Waals surface area (Å²) in [7, 11) is 0. The second-order valence-electron chi connectivity index (χ2n) is 4.73. The van der Waals surface area contributed by atoms with Crippen LogP contribution >= 0.6 is 39.3 Å². The van der Waals surface area contributed by atoms with Crippen LogP contribution in [0.4, 0.5) is 0 Å². The van der Waals surface area contributed by atoms with E-state index < -0.39 is 0 Å². The third kappa shape index (κ3) is 3.36. The van der Waals surface area contributed by atoms with E-state index in [1.165, 1.54) is 18.6 Å². The minimum atomic E-state index is 0.437. The third-order valence-electron chi connectivity index (χ3n) is 2.72. The van der Waals surface area contributed by atoms with Crippen molar-refractivity contribution in [1.82, 2.24) is 9.97 Å². The highest BCUT2D eigenvalue weighted by Crippen LogP contribution is 2.39. The molecule has 0 spiro atoms. The molecule has 0 aliphatic carbocycles. The van der Waals surface area contributed by atoms with Crippen LogP contribution in [0.5, 0.6) is 0 Å². The van der Waals surface area contributed by atoms with Gasteiger partial charge in [-0.2, -0.15) is 11.8 Å². The summed E-state index contributed by atoms with van der Waals surface area (Å²) in [6.07, 6.45) is 3.36. The van der Waals surface area contributed by atoms with Crippen molar-refractivity contribution in [3.63, 3.8) is 0 Å². The predicted octanol–water partition coefficient (Wildman–Crippen LogP) is 4.66. The first kappa shape index (κ1) is 13.6. The molecule has 1 atom stereocenters. The molecule has 0 aromatic carbocycles. The molecule has 1 aromatic heterocycles. The number of rotatable bonds is 3. The summed E-state index contributed by atoms with van der Waals surface area (Å²) in [6, 6.07) is 0. The number of halogens is 2. The van der Waals surface area contributed by atoms with Crippen molar-refractivity contribution in [3.8, 4) is 0 Å². The Morgan fingerprint density at radius 3 is 2.82 bits per heavy atom. The highest BCUT2D eigenvalue weighted by Gasteiger charge is 2.23. The maximum Gasteiger partial charge on any atom is 0.147 e. The van der Waals surface area contributed by atoms with Gasteiger partial charge in [-0.25, -0.2) is 9.97 Å². The van der Waals surface area contributed by atoms with E-state index in [4.69, 9.17) is 16.6 Å². The van der Waals surface area contributed by atoms with Gasteiger partial charge in [-0.3, -0.25) is 0 Å². The standard InChI is InChI=1S/C12H16BrClN2S/c1-7(2)6-8-10(13)11(14)16-12(15-8)9-4-3-5-17-9/h7,9H,3-6H2,1-2H3. The molecule has 1 fully saturated rings. The molecule has 0 radical (unpaired) electrons. The van der Waals surface area contributed by atoms with Gasteiger partial charge in [0.05, 0.1) is 15.4 Å². The molecule has 1 aliphatic rings. The molecular formula is C12H16BrClN2S. The normalized spacial score (nSPS) is 20.2. The van der Waals surface area contributed by atoms with Gasteiger partial charge in [-0.05, 0) is 46.9 Å². The molecule has 0 amide bonds. The lowest BCUT2D eigenvalue weighted by atomic mass is 10.1. The van der Waals surface area contributed by atoms with Crippen LogP contribution in [0.2, 0.25) is 5.15 Å². The van der Waals surface area contributed by atoms with Gasteiger partial charge in [0, 0.05) is 0 Å². The van der Waals surface area contributed by atoms with Crippen LogP contribution in [0.3, 0.4) is 0 Å². The van der Waals surface area contributed by atoms with Gasteiger partial charge < -0.3 is 0 Å². The van der Waals surface area contributed by atoms with Gasteiger partial charge in [-0.1, -0.05) is 25.4 Å². The van der Waals surface area contributed by atoms with Crippen LogP contribution in [0.1, 0.15) is 43.5 Å². The SMILES string of the molecule is CC(C)Cc1nc(C2CCCS2)nc(Cl)c1Br. The fraction of sp³-hybridized carbons (Fsp3) is 0.667. The molecule has 1 unspecified atom stereocenters. The van der Waals surface area contributed by atoms with E-state index in [9.17, 15) is 0 Å². The van der Waals surface area contributed by atoms with Crippen molar-refractivity contribution < 1.29 is 0 Å². The highest BCUT2D eigenvalue weighted by atomic mass is 79.9. The van der Waals surface area contributed by atoms with Crippen molar-refractivity contribution in [1.29, 1.82) is 0 Å². The summed E-state index contributed by atoms with van der Waals surface area (Å²) in [4.78, 5) is 9.10. The van der Waals surface area contributed by atoms with E-state index in [0.717, 1.165) is 22.4 Å². The number of aromatic nitrogens is 2. The zero-order chi connectivity index (χ0) is 12.4. The Bertz CT molecular complexity index is 406. The fourth-order valence-corrected chi connectivity index (χ4v) is 3.67. The van der Waals surface area contributed by atoms with Crippen LogP contribution in [0, 0.1) is 5.92 Å². The van der Waals surface area contributed by atoms with E-state index in [1.807, 2.05) is 11.8 Å². The number of nitrogens with zero attached hydrogens (tertiary/aromatic N) is 2. The summed E-state index contributed by atoms with van der Waals surface area (Å²) in [5.41, 5.74) is 1.04. The molecule has 94 valence electrons. The molecule has 5 heteroatoms. The summed E-state index contributed by atoms with van der Waals surface area (Å²) in [6.45, 7) is 4.37. The topological polar surface area (TPSA) is 25.8 Å². The summed E-state index contributed by atoms with van der Waals surface area (Å²) in [5, 5.41) is 0.990. The molecule has 0 bridgehead atoms. The number of hydrogen-bond donors (Lipinski definition) is 0. The van der Waals surface area contributed by atoms with Crippen LogP contribution in [-0.2, 0) is 6.42 Å². The van der Waals surface area contributed by atoms with E-state index in [0.29, 0.717) is 16.3 Å². The second kappa shape index (κ2) is 5.89. The van der Waals surface area contributed by atoms with Gasteiger partial charge >= 0.3 is 0 Å². The summed E-state index contributed by atoms with van der Waals surface area (Å²) < 4.78 is 0.861. The Labute approximate surface area is 120 Å². The molecule has 2 rings (SSSR count). The largest absolute Gasteiger partial charge is 0.235 e. The van der Waals surface area contributed by atoms with Crippen LogP contribution in [0.25, 0.3) is 0 Å². The minimum absolute atomic E-state index is 0.437. The molecule has 1 aromatic rings. The van der Waals surface area contributed by atoms with Crippen LogP contribution in [0.15, 0.2) is 4.47 Å².